The Bertz CT molecular complexity index is 697. The molecular weight excluding hydrogens is 308 g/mol. The lowest BCUT2D eigenvalue weighted by atomic mass is 10.2. The number of piperazine rings is 1. The highest BCUT2D eigenvalue weighted by Gasteiger charge is 2.22. The number of pyridine rings is 2. The van der Waals surface area contributed by atoms with Gasteiger partial charge in [0.2, 0.25) is 0 Å². The van der Waals surface area contributed by atoms with Crippen LogP contribution >= 0.6 is 0 Å². The number of nitrogens with zero attached hydrogens (tertiary/aromatic N) is 4. The molecule has 1 aliphatic rings. The van der Waals surface area contributed by atoms with Crippen LogP contribution in [-0.2, 0) is 13.2 Å². The van der Waals surface area contributed by atoms with E-state index in [1.807, 2.05) is 17.0 Å². The fraction of sp³-hybridized carbons (Fsp3) is 0.353. The van der Waals surface area contributed by atoms with E-state index in [2.05, 4.69) is 14.9 Å². The molecule has 0 atom stereocenters. The van der Waals surface area contributed by atoms with Crippen LogP contribution in [0.2, 0.25) is 0 Å². The second kappa shape index (κ2) is 7.37. The molecule has 3 rings (SSSR count). The molecule has 2 aromatic rings. The molecular formula is C17H20N4O3. The smallest absolute Gasteiger partial charge is 0.339 e. The Morgan fingerprint density at radius 1 is 1.12 bits per heavy atom. The number of hydrogen-bond donors (Lipinski definition) is 2. The number of hydrogen-bond acceptors (Lipinski definition) is 6. The van der Waals surface area contributed by atoms with Crippen molar-refractivity contribution in [3.8, 4) is 0 Å². The van der Waals surface area contributed by atoms with Gasteiger partial charge in [0.25, 0.3) is 0 Å². The Hall–Kier alpha value is -2.51. The summed E-state index contributed by atoms with van der Waals surface area (Å²) < 4.78 is 0. The van der Waals surface area contributed by atoms with Crippen molar-refractivity contribution in [1.82, 2.24) is 14.9 Å². The van der Waals surface area contributed by atoms with Crippen molar-refractivity contribution in [2.75, 3.05) is 31.1 Å². The van der Waals surface area contributed by atoms with Gasteiger partial charge >= 0.3 is 5.97 Å². The number of rotatable bonds is 5. The number of aromatic nitrogens is 2. The molecule has 3 heterocycles. The van der Waals surface area contributed by atoms with E-state index < -0.39 is 5.97 Å². The van der Waals surface area contributed by atoms with Crippen LogP contribution in [-0.4, -0.2) is 57.2 Å². The number of aliphatic hydroxyl groups is 1. The summed E-state index contributed by atoms with van der Waals surface area (Å²) in [5.41, 5.74) is 2.01. The Balaban J connectivity index is 1.60. The van der Waals surface area contributed by atoms with Gasteiger partial charge in [-0.05, 0) is 23.8 Å². The van der Waals surface area contributed by atoms with Crippen molar-refractivity contribution in [3.63, 3.8) is 0 Å². The zero-order chi connectivity index (χ0) is 16.9. The van der Waals surface area contributed by atoms with Gasteiger partial charge in [-0.15, -0.1) is 0 Å². The zero-order valence-electron chi connectivity index (χ0n) is 13.3. The predicted octanol–water partition coefficient (Wildman–Crippen LogP) is 0.989. The number of aliphatic hydroxyl groups excluding tert-OH is 1. The summed E-state index contributed by atoms with van der Waals surface area (Å²) in [5.74, 6) is -0.413. The molecule has 7 heteroatoms. The number of carboxylic acids is 1. The van der Waals surface area contributed by atoms with Crippen LogP contribution in [0, 0.1) is 0 Å². The van der Waals surface area contributed by atoms with E-state index in [4.69, 9.17) is 5.11 Å². The second-order valence-corrected chi connectivity index (χ2v) is 5.76. The average Bonchev–Trinajstić information content (AvgIpc) is 2.63. The minimum Gasteiger partial charge on any atom is -0.478 e. The monoisotopic (exact) mass is 328 g/mol. The van der Waals surface area contributed by atoms with Crippen LogP contribution in [0.15, 0.2) is 36.7 Å². The lowest BCUT2D eigenvalue weighted by molar-refractivity contribution is 0.0697. The lowest BCUT2D eigenvalue weighted by Gasteiger charge is -2.35. The minimum absolute atomic E-state index is 0.00193. The molecule has 0 radical (unpaired) electrons. The Labute approximate surface area is 140 Å². The minimum atomic E-state index is -0.950. The summed E-state index contributed by atoms with van der Waals surface area (Å²) >= 11 is 0. The molecule has 1 aliphatic heterocycles. The summed E-state index contributed by atoms with van der Waals surface area (Å²) in [5, 5.41) is 18.3. The first-order valence-corrected chi connectivity index (χ1v) is 7.87. The summed E-state index contributed by atoms with van der Waals surface area (Å²) in [7, 11) is 0. The molecule has 2 aromatic heterocycles. The topological polar surface area (TPSA) is 89.8 Å². The van der Waals surface area contributed by atoms with Gasteiger partial charge in [-0.25, -0.2) is 9.78 Å². The maximum Gasteiger partial charge on any atom is 0.339 e. The normalized spacial score (nSPS) is 15.5. The van der Waals surface area contributed by atoms with E-state index in [1.54, 1.807) is 24.5 Å². The number of aromatic carboxylic acids is 1. The third-order valence-corrected chi connectivity index (χ3v) is 4.14. The van der Waals surface area contributed by atoms with E-state index in [0.717, 1.165) is 44.0 Å². The van der Waals surface area contributed by atoms with Crippen molar-refractivity contribution in [3.05, 3.63) is 53.5 Å². The standard InChI is InChI=1S/C17H20N4O3/c22-12-13-3-4-14(19-10-13)11-20-6-8-21(9-7-20)16-15(17(23)24)2-1-5-18-16/h1-5,10,22H,6-9,11-12H2,(H,23,24). The largest absolute Gasteiger partial charge is 0.478 e. The molecule has 1 saturated heterocycles. The average molecular weight is 328 g/mol. The van der Waals surface area contributed by atoms with E-state index in [-0.39, 0.29) is 12.2 Å². The molecule has 7 nitrogen and oxygen atoms in total. The van der Waals surface area contributed by atoms with Gasteiger partial charge in [0, 0.05) is 45.1 Å². The van der Waals surface area contributed by atoms with E-state index in [9.17, 15) is 9.90 Å². The molecule has 0 bridgehead atoms. The third-order valence-electron chi connectivity index (χ3n) is 4.14. The molecule has 1 fully saturated rings. The molecule has 0 aliphatic carbocycles. The highest BCUT2D eigenvalue weighted by atomic mass is 16.4. The fourth-order valence-corrected chi connectivity index (χ4v) is 2.80. The molecule has 2 N–H and O–H groups in total. The van der Waals surface area contributed by atoms with E-state index in [0.29, 0.717) is 5.82 Å². The molecule has 0 amide bonds. The fourth-order valence-electron chi connectivity index (χ4n) is 2.80. The zero-order valence-corrected chi connectivity index (χ0v) is 13.3. The predicted molar refractivity (Wildman–Crippen MR) is 88.8 cm³/mol. The Kier molecular flexibility index (Phi) is 5.02. The first-order valence-electron chi connectivity index (χ1n) is 7.87. The maximum atomic E-state index is 11.3. The van der Waals surface area contributed by atoms with E-state index >= 15 is 0 Å². The van der Waals surface area contributed by atoms with Gasteiger partial charge < -0.3 is 15.1 Å². The van der Waals surface area contributed by atoms with Crippen molar-refractivity contribution in [2.24, 2.45) is 0 Å². The van der Waals surface area contributed by atoms with Crippen LogP contribution in [0.4, 0.5) is 5.82 Å². The first-order chi connectivity index (χ1) is 11.7. The van der Waals surface area contributed by atoms with Crippen LogP contribution in [0.5, 0.6) is 0 Å². The molecule has 126 valence electrons. The van der Waals surface area contributed by atoms with Gasteiger partial charge in [0.1, 0.15) is 11.4 Å². The van der Waals surface area contributed by atoms with Gasteiger partial charge in [-0.3, -0.25) is 9.88 Å². The quantitative estimate of drug-likeness (QED) is 0.846. The molecule has 0 saturated carbocycles. The number of anilines is 1. The van der Waals surface area contributed by atoms with Crippen molar-refractivity contribution in [1.29, 1.82) is 0 Å². The molecule has 0 unspecified atom stereocenters. The van der Waals surface area contributed by atoms with Gasteiger partial charge in [-0.1, -0.05) is 6.07 Å². The Morgan fingerprint density at radius 2 is 1.92 bits per heavy atom. The Morgan fingerprint density at radius 3 is 2.54 bits per heavy atom. The van der Waals surface area contributed by atoms with Gasteiger partial charge in [-0.2, -0.15) is 0 Å². The lowest BCUT2D eigenvalue weighted by Crippen LogP contribution is -2.46. The highest BCUT2D eigenvalue weighted by Crippen LogP contribution is 2.19. The summed E-state index contributed by atoms with van der Waals surface area (Å²) in [6, 6.07) is 7.04. The maximum absolute atomic E-state index is 11.3. The summed E-state index contributed by atoms with van der Waals surface area (Å²) in [6.07, 6.45) is 3.32. The first kappa shape index (κ1) is 16.4. The molecule has 0 aromatic carbocycles. The third kappa shape index (κ3) is 3.69. The second-order valence-electron chi connectivity index (χ2n) is 5.76. The van der Waals surface area contributed by atoms with Crippen molar-refractivity contribution >= 4 is 11.8 Å². The van der Waals surface area contributed by atoms with Crippen molar-refractivity contribution < 1.29 is 15.0 Å². The molecule has 0 spiro atoms. The van der Waals surface area contributed by atoms with Crippen LogP contribution < -0.4 is 4.90 Å². The number of carboxylic acid groups (broad SMARTS) is 1. The van der Waals surface area contributed by atoms with Crippen LogP contribution in [0.3, 0.4) is 0 Å². The van der Waals surface area contributed by atoms with Gasteiger partial charge in [0.05, 0.1) is 12.3 Å². The van der Waals surface area contributed by atoms with Crippen LogP contribution in [0.1, 0.15) is 21.6 Å². The SMILES string of the molecule is O=C(O)c1cccnc1N1CCN(Cc2ccc(CO)cn2)CC1. The van der Waals surface area contributed by atoms with E-state index in [1.165, 1.54) is 0 Å². The summed E-state index contributed by atoms with van der Waals surface area (Å²) in [6.45, 7) is 3.84. The van der Waals surface area contributed by atoms with Crippen molar-refractivity contribution in [2.45, 2.75) is 13.2 Å². The van der Waals surface area contributed by atoms with Crippen LogP contribution in [0.25, 0.3) is 0 Å². The van der Waals surface area contributed by atoms with Gasteiger partial charge in [0.15, 0.2) is 0 Å². The molecule has 24 heavy (non-hydrogen) atoms. The summed E-state index contributed by atoms with van der Waals surface area (Å²) in [4.78, 5) is 24.2. The highest BCUT2D eigenvalue weighted by molar-refractivity contribution is 5.93. The number of carbonyl (C=O) groups is 1.